The fraction of sp³-hybridized carbons (Fsp3) is 0.190. The summed E-state index contributed by atoms with van der Waals surface area (Å²) in [4.78, 5) is 22.8. The maximum Gasteiger partial charge on any atom is 0.573 e. The normalized spacial score (nSPS) is 13.8. The first kappa shape index (κ1) is 22.3. The molecule has 12 heteroatoms. The van der Waals surface area contributed by atoms with Crippen molar-refractivity contribution in [3.05, 3.63) is 60.2 Å². The Bertz CT molecular complexity index is 1170. The van der Waals surface area contributed by atoms with E-state index in [1.807, 2.05) is 4.90 Å². The first-order valence-corrected chi connectivity index (χ1v) is 9.61. The van der Waals surface area contributed by atoms with Crippen LogP contribution in [0.5, 0.6) is 5.75 Å². The second kappa shape index (κ2) is 8.90. The molecule has 0 radical (unpaired) electrons. The van der Waals surface area contributed by atoms with Crippen molar-refractivity contribution in [2.24, 2.45) is 0 Å². The molecule has 33 heavy (non-hydrogen) atoms. The Kier molecular flexibility index (Phi) is 6.01. The number of halogens is 4. The largest absolute Gasteiger partial charge is 0.573 e. The topological polar surface area (TPSA) is 103 Å². The second-order valence-electron chi connectivity index (χ2n) is 7.01. The lowest BCUT2D eigenvalue weighted by molar-refractivity contribution is -0.274. The van der Waals surface area contributed by atoms with Crippen LogP contribution in [-0.4, -0.2) is 42.1 Å². The van der Waals surface area contributed by atoms with Gasteiger partial charge in [-0.3, -0.25) is 4.79 Å². The summed E-state index contributed by atoms with van der Waals surface area (Å²) in [7, 11) is 0. The van der Waals surface area contributed by atoms with Gasteiger partial charge in [0.1, 0.15) is 18.3 Å². The van der Waals surface area contributed by atoms with Crippen molar-refractivity contribution >= 4 is 23.2 Å². The van der Waals surface area contributed by atoms with E-state index in [-0.39, 0.29) is 23.8 Å². The predicted octanol–water partition coefficient (Wildman–Crippen LogP) is 3.81. The van der Waals surface area contributed by atoms with Gasteiger partial charge < -0.3 is 25.4 Å². The average molecular weight is 463 g/mol. The molecule has 3 heterocycles. The van der Waals surface area contributed by atoms with Gasteiger partial charge in [0.15, 0.2) is 11.6 Å². The number of hydrogen-bond donors (Lipinski definition) is 2. The summed E-state index contributed by atoms with van der Waals surface area (Å²) in [5.41, 5.74) is 6.65. The second-order valence-corrected chi connectivity index (χ2v) is 7.01. The van der Waals surface area contributed by atoms with Gasteiger partial charge in [-0.05, 0) is 36.4 Å². The van der Waals surface area contributed by atoms with E-state index >= 15 is 0 Å². The van der Waals surface area contributed by atoms with E-state index in [4.69, 9.17) is 10.5 Å². The van der Waals surface area contributed by atoms with Crippen LogP contribution < -0.4 is 20.7 Å². The highest BCUT2D eigenvalue weighted by atomic mass is 19.4. The van der Waals surface area contributed by atoms with Gasteiger partial charge in [-0.2, -0.15) is 0 Å². The first-order chi connectivity index (χ1) is 15.7. The van der Waals surface area contributed by atoms with Crippen molar-refractivity contribution in [1.82, 2.24) is 9.97 Å². The lowest BCUT2D eigenvalue weighted by atomic mass is 10.1. The van der Waals surface area contributed by atoms with Crippen LogP contribution in [0, 0.1) is 5.82 Å². The van der Waals surface area contributed by atoms with Crippen LogP contribution >= 0.6 is 0 Å². The summed E-state index contributed by atoms with van der Waals surface area (Å²) in [5.74, 6) is -1.48. The van der Waals surface area contributed by atoms with E-state index in [0.717, 1.165) is 12.1 Å². The van der Waals surface area contributed by atoms with Crippen molar-refractivity contribution in [3.8, 4) is 16.9 Å². The minimum atomic E-state index is -4.81. The lowest BCUT2D eigenvalue weighted by Gasteiger charge is -2.19. The molecular weight excluding hydrogens is 446 g/mol. The van der Waals surface area contributed by atoms with E-state index in [0.29, 0.717) is 30.1 Å². The number of nitrogens with zero attached hydrogens (tertiary/aromatic N) is 3. The number of ether oxygens (including phenoxy) is 2. The molecule has 2 aromatic heterocycles. The van der Waals surface area contributed by atoms with Crippen molar-refractivity contribution in [2.75, 3.05) is 35.8 Å². The third-order valence-electron chi connectivity index (χ3n) is 4.71. The van der Waals surface area contributed by atoms with E-state index in [1.165, 1.54) is 36.7 Å². The van der Waals surface area contributed by atoms with E-state index in [1.54, 1.807) is 0 Å². The number of nitrogens with one attached hydrogen (secondary N) is 1. The fourth-order valence-corrected chi connectivity index (χ4v) is 3.17. The van der Waals surface area contributed by atoms with Gasteiger partial charge in [0.05, 0.1) is 12.2 Å². The Morgan fingerprint density at radius 3 is 2.55 bits per heavy atom. The molecule has 3 aromatic rings. The molecule has 1 saturated heterocycles. The third-order valence-corrected chi connectivity index (χ3v) is 4.71. The first-order valence-electron chi connectivity index (χ1n) is 9.61. The molecule has 1 aromatic carbocycles. The van der Waals surface area contributed by atoms with Crippen LogP contribution in [0.1, 0.15) is 10.4 Å². The molecule has 0 atom stereocenters. The Morgan fingerprint density at radius 2 is 1.91 bits per heavy atom. The highest BCUT2D eigenvalue weighted by Gasteiger charge is 2.31. The number of carbonyl (C=O) groups is 1. The molecule has 1 fully saturated rings. The molecule has 0 aliphatic carbocycles. The molecule has 0 unspecified atom stereocenters. The number of hydrogen-bond acceptors (Lipinski definition) is 7. The molecule has 8 nitrogen and oxygen atoms in total. The Hall–Kier alpha value is -3.93. The van der Waals surface area contributed by atoms with Crippen LogP contribution in [0.25, 0.3) is 11.1 Å². The predicted molar refractivity (Wildman–Crippen MR) is 111 cm³/mol. The number of carbonyl (C=O) groups excluding carboxylic acids is 1. The quantitative estimate of drug-likeness (QED) is 0.555. The molecular formula is C21H17F4N5O3. The number of alkyl halides is 3. The summed E-state index contributed by atoms with van der Waals surface area (Å²) < 4.78 is 60.1. The molecule has 0 saturated carbocycles. The number of benzene rings is 1. The van der Waals surface area contributed by atoms with Crippen LogP contribution in [-0.2, 0) is 4.74 Å². The molecule has 1 aliphatic rings. The van der Waals surface area contributed by atoms with Crippen LogP contribution in [0.3, 0.4) is 0 Å². The average Bonchev–Trinajstić information content (AvgIpc) is 3.30. The molecule has 172 valence electrons. The monoisotopic (exact) mass is 463 g/mol. The van der Waals surface area contributed by atoms with Gasteiger partial charge >= 0.3 is 6.36 Å². The maximum absolute atomic E-state index is 14.0. The maximum atomic E-state index is 14.0. The summed E-state index contributed by atoms with van der Waals surface area (Å²) in [6.45, 7) is 1.33. The molecule has 1 amide bonds. The van der Waals surface area contributed by atoms with Gasteiger partial charge in [-0.25, -0.2) is 14.4 Å². The zero-order valence-electron chi connectivity index (χ0n) is 16.9. The van der Waals surface area contributed by atoms with Crippen molar-refractivity contribution in [2.45, 2.75) is 6.36 Å². The summed E-state index contributed by atoms with van der Waals surface area (Å²) >= 11 is 0. The zero-order valence-corrected chi connectivity index (χ0v) is 16.9. The van der Waals surface area contributed by atoms with Gasteiger partial charge in [0.2, 0.25) is 0 Å². The Balaban J connectivity index is 1.61. The molecule has 0 bridgehead atoms. The van der Waals surface area contributed by atoms with Crippen LogP contribution in [0.2, 0.25) is 0 Å². The number of amides is 1. The SMILES string of the molecule is Nc1ncc(-c2cc(C(=O)Nc3ccc(OC(F)(F)F)cc3)cnc2N2CCOC2)cc1F. The smallest absolute Gasteiger partial charge is 0.406 e. The summed E-state index contributed by atoms with van der Waals surface area (Å²) in [5, 5.41) is 2.57. The Morgan fingerprint density at radius 1 is 1.15 bits per heavy atom. The lowest BCUT2D eigenvalue weighted by Crippen LogP contribution is -2.21. The number of aromatic nitrogens is 2. The van der Waals surface area contributed by atoms with Gasteiger partial charge in [-0.15, -0.1) is 13.2 Å². The number of nitrogen functional groups attached to an aromatic ring is 1. The number of anilines is 3. The highest BCUT2D eigenvalue weighted by molar-refractivity contribution is 6.05. The van der Waals surface area contributed by atoms with Crippen LogP contribution in [0.15, 0.2) is 48.8 Å². The molecule has 0 spiro atoms. The molecule has 1 aliphatic heterocycles. The zero-order chi connectivity index (χ0) is 23.6. The van der Waals surface area contributed by atoms with E-state index < -0.39 is 23.8 Å². The highest BCUT2D eigenvalue weighted by Crippen LogP contribution is 2.32. The molecule has 3 N–H and O–H groups in total. The van der Waals surface area contributed by atoms with E-state index in [2.05, 4.69) is 20.0 Å². The molecule has 4 rings (SSSR count). The van der Waals surface area contributed by atoms with Gasteiger partial charge in [-0.1, -0.05) is 0 Å². The van der Waals surface area contributed by atoms with Crippen molar-refractivity contribution < 1.29 is 31.8 Å². The minimum absolute atomic E-state index is 0.140. The van der Waals surface area contributed by atoms with Gasteiger partial charge in [0.25, 0.3) is 5.91 Å². The van der Waals surface area contributed by atoms with Crippen molar-refractivity contribution in [3.63, 3.8) is 0 Å². The number of pyridine rings is 2. The van der Waals surface area contributed by atoms with Gasteiger partial charge in [0, 0.05) is 35.8 Å². The number of nitrogens with two attached hydrogens (primary N) is 1. The Labute approximate surface area is 185 Å². The van der Waals surface area contributed by atoms with Crippen molar-refractivity contribution in [1.29, 1.82) is 0 Å². The summed E-state index contributed by atoms with van der Waals surface area (Å²) in [6.07, 6.45) is -2.10. The minimum Gasteiger partial charge on any atom is -0.406 e. The summed E-state index contributed by atoms with van der Waals surface area (Å²) in [6, 6.07) is 7.40. The van der Waals surface area contributed by atoms with Crippen LogP contribution in [0.4, 0.5) is 34.9 Å². The van der Waals surface area contributed by atoms with E-state index in [9.17, 15) is 22.4 Å². The fourth-order valence-electron chi connectivity index (χ4n) is 3.17. The number of rotatable bonds is 5. The standard InChI is InChI=1S/C21H17F4N5O3/c22-17-8-12(9-27-18(17)26)16-7-13(10-28-19(16)30-5-6-32-11-30)20(31)29-14-1-3-15(4-2-14)33-21(23,24)25/h1-4,7-10H,5-6,11H2,(H2,26,27)(H,29,31). The third kappa shape index (κ3) is 5.29.